The molecule has 0 saturated carbocycles. The van der Waals surface area contributed by atoms with Gasteiger partial charge in [-0.25, -0.2) is 12.8 Å². The van der Waals surface area contributed by atoms with Crippen molar-refractivity contribution in [1.82, 2.24) is 4.90 Å². The van der Waals surface area contributed by atoms with Crippen molar-refractivity contribution in [2.24, 2.45) is 5.92 Å². The van der Waals surface area contributed by atoms with Crippen LogP contribution in [0.3, 0.4) is 0 Å². The van der Waals surface area contributed by atoms with Crippen LogP contribution in [0, 0.1) is 24.1 Å². The number of esters is 1. The van der Waals surface area contributed by atoms with Crippen LogP contribution >= 0.6 is 0 Å². The lowest BCUT2D eigenvalue weighted by Gasteiger charge is -2.45. The number of terminal acetylenes is 1. The maximum absolute atomic E-state index is 14.7. The van der Waals surface area contributed by atoms with Gasteiger partial charge in [0.25, 0.3) is 0 Å². The summed E-state index contributed by atoms with van der Waals surface area (Å²) in [4.78, 5) is 13.8. The molecule has 1 N–H and O–H groups in total. The molecule has 0 spiro atoms. The molecule has 0 radical (unpaired) electrons. The molecule has 0 aromatic heterocycles. The first kappa shape index (κ1) is 27.9. The summed E-state index contributed by atoms with van der Waals surface area (Å²) >= 11 is 0. The van der Waals surface area contributed by atoms with Gasteiger partial charge in [-0.3, -0.25) is 14.4 Å². The minimum atomic E-state index is -4.64. The summed E-state index contributed by atoms with van der Waals surface area (Å²) in [6.45, 7) is 6.39. The van der Waals surface area contributed by atoms with Crippen LogP contribution in [0.1, 0.15) is 58.1 Å². The van der Waals surface area contributed by atoms with E-state index in [2.05, 4.69) is 5.92 Å². The quantitative estimate of drug-likeness (QED) is 0.351. The van der Waals surface area contributed by atoms with Crippen LogP contribution in [0.5, 0.6) is 0 Å². The Morgan fingerprint density at radius 1 is 1.26 bits per heavy atom. The topological polar surface area (TPSA) is 75.7 Å². The molecule has 0 amide bonds. The summed E-state index contributed by atoms with van der Waals surface area (Å²) in [5, 5.41) is 0. The number of sulfonamides is 1. The summed E-state index contributed by atoms with van der Waals surface area (Å²) in [6, 6.07) is -0.315. The highest BCUT2D eigenvalue weighted by atomic mass is 32.2. The number of hydrogen-bond donors (Lipinski definition) is 1. The van der Waals surface area contributed by atoms with E-state index in [-0.39, 0.29) is 24.1 Å². The molecule has 1 aliphatic heterocycles. The zero-order valence-corrected chi connectivity index (χ0v) is 20.6. The van der Waals surface area contributed by atoms with Crippen molar-refractivity contribution in [2.75, 3.05) is 11.0 Å². The predicted octanol–water partition coefficient (Wildman–Crippen LogP) is 4.44. The molecule has 11 heteroatoms. The minimum Gasteiger partial charge on any atom is -0.460 e. The van der Waals surface area contributed by atoms with Gasteiger partial charge in [0, 0.05) is 12.6 Å². The fourth-order valence-electron chi connectivity index (χ4n) is 4.13. The van der Waals surface area contributed by atoms with Gasteiger partial charge in [0.1, 0.15) is 17.5 Å². The van der Waals surface area contributed by atoms with Crippen LogP contribution < -0.4 is 4.72 Å². The number of rotatable bonds is 6. The summed E-state index contributed by atoms with van der Waals surface area (Å²) < 4.78 is 87.3. The molecule has 1 aliphatic rings. The molecule has 1 aromatic carbocycles. The molecule has 3 unspecified atom stereocenters. The van der Waals surface area contributed by atoms with Crippen molar-refractivity contribution in [3.8, 4) is 12.3 Å². The Balaban J connectivity index is 2.40. The number of nitrogens with zero attached hydrogens (tertiary/aromatic N) is 1. The van der Waals surface area contributed by atoms with E-state index in [0.717, 1.165) is 12.3 Å². The number of carbonyl (C=O) groups excluding carboxylic acids is 1. The highest BCUT2D eigenvalue weighted by Crippen LogP contribution is 2.40. The molecule has 6 nitrogen and oxygen atoms in total. The van der Waals surface area contributed by atoms with Crippen LogP contribution in [0.4, 0.5) is 23.2 Å². The Labute approximate surface area is 198 Å². The second-order valence-corrected chi connectivity index (χ2v) is 11.3. The standard InChI is InChI=1S/C23H30F4N2O4S/c1-7-15-9-14(10-18(24)20(15)28-34(6,31)32)13-29-17(8-2)11-16(12-19(29)23(25,26)27)21(30)33-22(3,4)5/h1,9-10,16-17,19,28H,8,11-13H2,2-6H3. The van der Waals surface area contributed by atoms with E-state index in [1.165, 1.54) is 11.0 Å². The van der Waals surface area contributed by atoms with E-state index in [0.29, 0.717) is 6.42 Å². The molecular formula is C23H30F4N2O4S. The number of halogens is 4. The van der Waals surface area contributed by atoms with Crippen molar-refractivity contribution >= 4 is 21.7 Å². The Kier molecular flexibility index (Phi) is 8.31. The summed E-state index contributed by atoms with van der Waals surface area (Å²) in [7, 11) is -3.83. The maximum Gasteiger partial charge on any atom is 0.404 e. The minimum absolute atomic E-state index is 0.124. The number of likely N-dealkylation sites (tertiary alicyclic amines) is 1. The molecular weight excluding hydrogens is 476 g/mol. The van der Waals surface area contributed by atoms with E-state index < -0.39 is 63.7 Å². The molecule has 0 bridgehead atoms. The second kappa shape index (κ2) is 10.1. The number of nitrogens with one attached hydrogen (secondary N) is 1. The SMILES string of the molecule is C#Cc1cc(CN2C(CC)CC(C(=O)OC(C)(C)C)CC2C(F)(F)F)cc(F)c1NS(C)(=O)=O. The van der Waals surface area contributed by atoms with E-state index >= 15 is 0 Å². The van der Waals surface area contributed by atoms with Gasteiger partial charge in [0.15, 0.2) is 0 Å². The Morgan fingerprint density at radius 2 is 1.88 bits per heavy atom. The molecule has 190 valence electrons. The van der Waals surface area contributed by atoms with E-state index in [1.807, 2.05) is 4.72 Å². The number of carbonyl (C=O) groups is 1. The first-order valence-electron chi connectivity index (χ1n) is 10.8. The van der Waals surface area contributed by atoms with Crippen LogP contribution in [-0.4, -0.2) is 49.4 Å². The molecule has 1 aromatic rings. The average Bonchev–Trinajstić information content (AvgIpc) is 2.66. The predicted molar refractivity (Wildman–Crippen MR) is 121 cm³/mol. The molecule has 34 heavy (non-hydrogen) atoms. The van der Waals surface area contributed by atoms with E-state index in [1.54, 1.807) is 27.7 Å². The molecule has 3 atom stereocenters. The maximum atomic E-state index is 14.7. The lowest BCUT2D eigenvalue weighted by molar-refractivity contribution is -0.210. The van der Waals surface area contributed by atoms with Gasteiger partial charge in [-0.1, -0.05) is 12.8 Å². The van der Waals surface area contributed by atoms with Crippen LogP contribution in [0.15, 0.2) is 12.1 Å². The van der Waals surface area contributed by atoms with E-state index in [4.69, 9.17) is 11.2 Å². The fraction of sp³-hybridized carbons (Fsp3) is 0.609. The van der Waals surface area contributed by atoms with E-state index in [9.17, 15) is 30.8 Å². The van der Waals surface area contributed by atoms with Crippen molar-refractivity contribution in [2.45, 2.75) is 77.4 Å². The molecule has 2 rings (SSSR count). The number of alkyl halides is 3. The summed E-state index contributed by atoms with van der Waals surface area (Å²) in [5.41, 5.74) is -1.22. The summed E-state index contributed by atoms with van der Waals surface area (Å²) in [6.07, 6.45) is 1.59. The Bertz CT molecular complexity index is 1060. The highest BCUT2D eigenvalue weighted by molar-refractivity contribution is 7.92. The number of anilines is 1. The van der Waals surface area contributed by atoms with Gasteiger partial charge in [-0.05, 0) is 57.7 Å². The monoisotopic (exact) mass is 506 g/mol. The third-order valence-electron chi connectivity index (χ3n) is 5.48. The van der Waals surface area contributed by atoms with Crippen molar-refractivity contribution < 1.29 is 35.5 Å². The third-order valence-corrected chi connectivity index (χ3v) is 6.06. The lowest BCUT2D eigenvalue weighted by Crippen LogP contribution is -2.56. The first-order valence-corrected chi connectivity index (χ1v) is 12.7. The van der Waals surface area contributed by atoms with Gasteiger partial charge >= 0.3 is 12.1 Å². The second-order valence-electron chi connectivity index (χ2n) is 9.51. The van der Waals surface area contributed by atoms with Gasteiger partial charge in [0.05, 0.1) is 23.4 Å². The molecule has 1 fully saturated rings. The molecule has 0 aliphatic carbocycles. The smallest absolute Gasteiger partial charge is 0.404 e. The summed E-state index contributed by atoms with van der Waals surface area (Å²) in [5.74, 6) is -0.406. The van der Waals surface area contributed by atoms with Gasteiger partial charge in [-0.15, -0.1) is 6.42 Å². The number of piperidine rings is 1. The Hall–Kier alpha value is -2.32. The van der Waals surface area contributed by atoms with Gasteiger partial charge in [0.2, 0.25) is 10.0 Å². The molecule has 1 heterocycles. The highest BCUT2D eigenvalue weighted by Gasteiger charge is 2.51. The fourth-order valence-corrected chi connectivity index (χ4v) is 4.71. The zero-order chi connectivity index (χ0) is 26.1. The van der Waals surface area contributed by atoms with Crippen molar-refractivity contribution in [3.05, 3.63) is 29.1 Å². The van der Waals surface area contributed by atoms with Crippen LogP contribution in [0.2, 0.25) is 0 Å². The van der Waals surface area contributed by atoms with Gasteiger partial charge in [-0.2, -0.15) is 13.2 Å². The third kappa shape index (κ3) is 7.34. The number of benzene rings is 1. The van der Waals surface area contributed by atoms with Crippen molar-refractivity contribution in [3.63, 3.8) is 0 Å². The normalized spacial score (nSPS) is 22.2. The lowest BCUT2D eigenvalue weighted by atomic mass is 9.84. The first-order chi connectivity index (χ1) is 15.4. The average molecular weight is 507 g/mol. The Morgan fingerprint density at radius 3 is 2.35 bits per heavy atom. The van der Waals surface area contributed by atoms with Crippen LogP contribution in [0.25, 0.3) is 0 Å². The van der Waals surface area contributed by atoms with Crippen molar-refractivity contribution in [1.29, 1.82) is 0 Å². The number of ether oxygens (including phenoxy) is 1. The van der Waals surface area contributed by atoms with Gasteiger partial charge < -0.3 is 4.74 Å². The largest absolute Gasteiger partial charge is 0.460 e. The molecule has 1 saturated heterocycles. The van der Waals surface area contributed by atoms with Crippen LogP contribution in [-0.2, 0) is 26.1 Å². The zero-order valence-electron chi connectivity index (χ0n) is 19.8. The number of hydrogen-bond acceptors (Lipinski definition) is 5.